The van der Waals surface area contributed by atoms with Crippen LogP contribution in [0.1, 0.15) is 47.2 Å². The summed E-state index contributed by atoms with van der Waals surface area (Å²) in [6.07, 6.45) is 7.22. The molecule has 1 saturated heterocycles. The highest BCUT2D eigenvalue weighted by Crippen LogP contribution is 2.50. The van der Waals surface area contributed by atoms with Gasteiger partial charge in [0.2, 0.25) is 0 Å². The first kappa shape index (κ1) is 21.9. The molecule has 1 amide bonds. The number of hydrogen-bond donors (Lipinski definition) is 2. The summed E-state index contributed by atoms with van der Waals surface area (Å²) in [4.78, 5) is 30.5. The van der Waals surface area contributed by atoms with Gasteiger partial charge in [-0.15, -0.1) is 0 Å². The number of aromatic nitrogens is 2. The molecule has 0 radical (unpaired) electrons. The number of anilines is 1. The van der Waals surface area contributed by atoms with Gasteiger partial charge in [0.05, 0.1) is 17.8 Å². The van der Waals surface area contributed by atoms with Gasteiger partial charge in [-0.05, 0) is 56.4 Å². The molecule has 0 unspecified atom stereocenters. The number of benzene rings is 2. The van der Waals surface area contributed by atoms with Gasteiger partial charge >= 0.3 is 0 Å². The van der Waals surface area contributed by atoms with Crippen LogP contribution in [-0.2, 0) is 10.3 Å². The number of ether oxygens (including phenoxy) is 2. The van der Waals surface area contributed by atoms with Gasteiger partial charge in [-0.25, -0.2) is 4.98 Å². The molecule has 2 N–H and O–H groups in total. The molecule has 6 rings (SSSR count). The minimum absolute atomic E-state index is 0.112. The molecular weight excluding hydrogens is 444 g/mol. The Bertz CT molecular complexity index is 1340. The van der Waals surface area contributed by atoms with Crippen LogP contribution in [0.2, 0.25) is 0 Å². The smallest absolute Gasteiger partial charge is 0.297 e. The van der Waals surface area contributed by atoms with Crippen LogP contribution in [0.3, 0.4) is 0 Å². The minimum atomic E-state index is -0.395. The number of rotatable bonds is 9. The van der Waals surface area contributed by atoms with Gasteiger partial charge < -0.3 is 20.1 Å². The number of nitrogens with zero attached hydrogens (tertiary/aromatic N) is 2. The van der Waals surface area contributed by atoms with Crippen LogP contribution in [0.15, 0.2) is 59.7 Å². The number of nitrogens with one attached hydrogen (secondary N) is 2. The van der Waals surface area contributed by atoms with Crippen molar-refractivity contribution >= 4 is 11.7 Å². The fourth-order valence-electron chi connectivity index (χ4n) is 4.34. The van der Waals surface area contributed by atoms with E-state index in [9.17, 15) is 9.59 Å². The van der Waals surface area contributed by atoms with E-state index in [0.717, 1.165) is 49.2 Å². The Kier molecular flexibility index (Phi) is 5.33. The standard InChI is InChI=1S/C27H28N4O4/c1-17-6-7-18(25(32)29-19-8-9-19)14-22(17)31-13-12-28-24(26(31)33)30-27(10-11-27)21-4-2-3-5-23(21)35-16-20-15-34-20/h2-7,12-14,19-20H,8-11,15-16H2,1H3,(H,28,30)(H,29,32)/t20-/m0/s1. The van der Waals surface area contributed by atoms with Crippen LogP contribution < -0.4 is 20.9 Å². The second-order valence-electron chi connectivity index (χ2n) is 9.67. The third kappa shape index (κ3) is 4.53. The first-order chi connectivity index (χ1) is 17.0. The molecule has 3 fully saturated rings. The van der Waals surface area contributed by atoms with Crippen molar-refractivity contribution in [3.8, 4) is 11.4 Å². The van der Waals surface area contributed by atoms with Gasteiger partial charge in [0.15, 0.2) is 5.82 Å². The molecule has 180 valence electrons. The molecule has 3 aromatic rings. The lowest BCUT2D eigenvalue weighted by molar-refractivity contribution is 0.0951. The Morgan fingerprint density at radius 3 is 2.77 bits per heavy atom. The van der Waals surface area contributed by atoms with Crippen molar-refractivity contribution in [1.82, 2.24) is 14.9 Å². The summed E-state index contributed by atoms with van der Waals surface area (Å²) in [6.45, 7) is 3.19. The third-order valence-electron chi connectivity index (χ3n) is 6.82. The molecule has 0 spiro atoms. The van der Waals surface area contributed by atoms with Crippen LogP contribution >= 0.6 is 0 Å². The fraction of sp³-hybridized carbons (Fsp3) is 0.370. The van der Waals surface area contributed by atoms with E-state index >= 15 is 0 Å². The molecule has 1 aromatic heterocycles. The monoisotopic (exact) mass is 472 g/mol. The summed E-state index contributed by atoms with van der Waals surface area (Å²) >= 11 is 0. The maximum Gasteiger partial charge on any atom is 0.297 e. The van der Waals surface area contributed by atoms with E-state index in [1.165, 1.54) is 0 Å². The molecule has 2 aliphatic carbocycles. The Hall–Kier alpha value is -3.65. The Balaban J connectivity index is 1.29. The zero-order valence-electron chi connectivity index (χ0n) is 19.6. The maximum absolute atomic E-state index is 13.5. The number of para-hydroxylation sites is 1. The van der Waals surface area contributed by atoms with Crippen LogP contribution in [0.25, 0.3) is 5.69 Å². The summed E-state index contributed by atoms with van der Waals surface area (Å²) in [6, 6.07) is 13.6. The second kappa shape index (κ2) is 8.53. The number of amides is 1. The Morgan fingerprint density at radius 2 is 2.03 bits per heavy atom. The molecule has 35 heavy (non-hydrogen) atoms. The number of epoxide rings is 1. The number of hydrogen-bond acceptors (Lipinski definition) is 6. The van der Waals surface area contributed by atoms with Crippen LogP contribution in [0.4, 0.5) is 5.82 Å². The molecule has 1 aliphatic heterocycles. The van der Waals surface area contributed by atoms with Crippen molar-refractivity contribution in [3.05, 3.63) is 81.9 Å². The summed E-state index contributed by atoms with van der Waals surface area (Å²) in [7, 11) is 0. The van der Waals surface area contributed by atoms with E-state index in [-0.39, 0.29) is 29.4 Å². The quantitative estimate of drug-likeness (QED) is 0.464. The highest BCUT2D eigenvalue weighted by atomic mass is 16.6. The number of carbonyl (C=O) groups excluding carboxylic acids is 1. The zero-order valence-corrected chi connectivity index (χ0v) is 19.6. The van der Waals surface area contributed by atoms with Gasteiger partial charge in [-0.2, -0.15) is 0 Å². The second-order valence-corrected chi connectivity index (χ2v) is 9.67. The van der Waals surface area contributed by atoms with Crippen LogP contribution in [-0.4, -0.2) is 40.8 Å². The van der Waals surface area contributed by atoms with E-state index in [2.05, 4.69) is 15.6 Å². The summed E-state index contributed by atoms with van der Waals surface area (Å²) in [5, 5.41) is 6.43. The van der Waals surface area contributed by atoms with Crippen molar-refractivity contribution < 1.29 is 14.3 Å². The minimum Gasteiger partial charge on any atom is -0.490 e. The van der Waals surface area contributed by atoms with Crippen molar-refractivity contribution in [2.75, 3.05) is 18.5 Å². The molecule has 3 aliphatic rings. The van der Waals surface area contributed by atoms with Gasteiger partial charge in [0.1, 0.15) is 18.5 Å². The lowest BCUT2D eigenvalue weighted by atomic mass is 10.0. The van der Waals surface area contributed by atoms with E-state index in [4.69, 9.17) is 9.47 Å². The highest BCUT2D eigenvalue weighted by Gasteiger charge is 2.47. The molecule has 1 atom stereocenters. The predicted octanol–water partition coefficient (Wildman–Crippen LogP) is 3.31. The molecule has 2 saturated carbocycles. The third-order valence-corrected chi connectivity index (χ3v) is 6.82. The molecule has 0 bridgehead atoms. The summed E-state index contributed by atoms with van der Waals surface area (Å²) in [5.74, 6) is 0.964. The van der Waals surface area contributed by atoms with Crippen LogP contribution in [0, 0.1) is 6.92 Å². The molecule has 2 heterocycles. The molecule has 8 heteroatoms. The van der Waals surface area contributed by atoms with E-state index in [0.29, 0.717) is 17.9 Å². The number of carbonyl (C=O) groups is 1. The molecule has 2 aromatic carbocycles. The largest absolute Gasteiger partial charge is 0.490 e. The normalized spacial score (nSPS) is 19.6. The van der Waals surface area contributed by atoms with Gasteiger partial charge in [0, 0.05) is 29.6 Å². The number of aryl methyl sites for hydroxylation is 1. The Labute approximate surface area is 203 Å². The molecule has 8 nitrogen and oxygen atoms in total. The van der Waals surface area contributed by atoms with E-state index in [1.807, 2.05) is 37.3 Å². The highest BCUT2D eigenvalue weighted by molar-refractivity contribution is 5.95. The fourth-order valence-corrected chi connectivity index (χ4v) is 4.34. The first-order valence-electron chi connectivity index (χ1n) is 12.1. The van der Waals surface area contributed by atoms with Crippen molar-refractivity contribution in [2.24, 2.45) is 0 Å². The van der Waals surface area contributed by atoms with Gasteiger partial charge in [0.25, 0.3) is 11.5 Å². The van der Waals surface area contributed by atoms with Crippen molar-refractivity contribution in [2.45, 2.75) is 50.3 Å². The van der Waals surface area contributed by atoms with E-state index < -0.39 is 5.54 Å². The summed E-state index contributed by atoms with van der Waals surface area (Å²) in [5.41, 5.74) is 2.47. The van der Waals surface area contributed by atoms with Crippen molar-refractivity contribution in [3.63, 3.8) is 0 Å². The van der Waals surface area contributed by atoms with Gasteiger partial charge in [-0.3, -0.25) is 14.2 Å². The first-order valence-corrected chi connectivity index (χ1v) is 12.1. The lowest BCUT2D eigenvalue weighted by Crippen LogP contribution is -2.29. The Morgan fingerprint density at radius 1 is 1.23 bits per heavy atom. The maximum atomic E-state index is 13.5. The average molecular weight is 473 g/mol. The van der Waals surface area contributed by atoms with Crippen molar-refractivity contribution in [1.29, 1.82) is 0 Å². The SMILES string of the molecule is Cc1ccc(C(=O)NC2CC2)cc1-n1ccnc(NC2(c3ccccc3OC[C@@H]3CO3)CC2)c1=O. The topological polar surface area (TPSA) is 97.8 Å². The molecular formula is C27H28N4O4. The average Bonchev–Trinajstić information content (AvgIpc) is 3.72. The summed E-state index contributed by atoms with van der Waals surface area (Å²) < 4.78 is 12.9. The lowest BCUT2D eigenvalue weighted by Gasteiger charge is -2.22. The van der Waals surface area contributed by atoms with Gasteiger partial charge in [-0.1, -0.05) is 24.3 Å². The van der Waals surface area contributed by atoms with E-state index in [1.54, 1.807) is 29.1 Å². The zero-order chi connectivity index (χ0) is 24.0. The van der Waals surface area contributed by atoms with Crippen LogP contribution in [0.5, 0.6) is 5.75 Å². The predicted molar refractivity (Wildman–Crippen MR) is 131 cm³/mol.